The molecule has 148 valence electrons. The van der Waals surface area contributed by atoms with Crippen LogP contribution in [-0.4, -0.2) is 7.05 Å². The van der Waals surface area contributed by atoms with Crippen molar-refractivity contribution in [3.05, 3.63) is 71.1 Å². The first-order valence-electron chi connectivity index (χ1n) is 10.7. The first-order valence-corrected chi connectivity index (χ1v) is 11.6. The van der Waals surface area contributed by atoms with Gasteiger partial charge in [-0.15, -0.1) is 11.3 Å². The lowest BCUT2D eigenvalue weighted by Crippen LogP contribution is -2.04. The molecule has 2 heteroatoms. The van der Waals surface area contributed by atoms with Gasteiger partial charge in [-0.3, -0.25) is 0 Å². The highest BCUT2D eigenvalue weighted by atomic mass is 32.1. The lowest BCUT2D eigenvalue weighted by Gasteiger charge is -2.08. The van der Waals surface area contributed by atoms with E-state index in [0.29, 0.717) is 0 Å². The lowest BCUT2D eigenvalue weighted by atomic mass is 9.99. The summed E-state index contributed by atoms with van der Waals surface area (Å²) in [6.07, 6.45) is 9.34. The summed E-state index contributed by atoms with van der Waals surface area (Å²) in [6, 6.07) is 20.2. The molecule has 3 aromatic rings. The maximum Gasteiger partial charge on any atom is 0.0374 e. The number of rotatable bonds is 11. The third-order valence-electron chi connectivity index (χ3n) is 5.34. The number of nitrogens with one attached hydrogen (secondary N) is 1. The molecule has 0 saturated carbocycles. The summed E-state index contributed by atoms with van der Waals surface area (Å²) in [6.45, 7) is 3.19. The number of hydrogen-bond acceptors (Lipinski definition) is 2. The van der Waals surface area contributed by atoms with Crippen LogP contribution in [0.2, 0.25) is 0 Å². The Morgan fingerprint density at radius 2 is 1.54 bits per heavy atom. The summed E-state index contributed by atoms with van der Waals surface area (Å²) in [5.41, 5.74) is 6.78. The number of unbranched alkanes of at least 4 members (excludes halogenated alkanes) is 5. The Morgan fingerprint density at radius 3 is 2.32 bits per heavy atom. The molecule has 3 rings (SSSR count). The number of aryl methyl sites for hydroxylation is 1. The van der Waals surface area contributed by atoms with Crippen LogP contribution < -0.4 is 5.32 Å². The maximum absolute atomic E-state index is 3.21. The van der Waals surface area contributed by atoms with Gasteiger partial charge in [0.1, 0.15) is 0 Å². The summed E-state index contributed by atoms with van der Waals surface area (Å²) in [7, 11) is 1.99. The zero-order valence-corrected chi connectivity index (χ0v) is 18.2. The van der Waals surface area contributed by atoms with Crippen molar-refractivity contribution in [3.63, 3.8) is 0 Å². The Balaban J connectivity index is 1.68. The predicted octanol–water partition coefficient (Wildman–Crippen LogP) is 7.70. The second-order valence-corrected chi connectivity index (χ2v) is 8.52. The zero-order valence-electron chi connectivity index (χ0n) is 17.3. The molecule has 0 spiro atoms. The Labute approximate surface area is 174 Å². The summed E-state index contributed by atoms with van der Waals surface area (Å²) in [5, 5.41) is 5.46. The summed E-state index contributed by atoms with van der Waals surface area (Å²) in [4.78, 5) is 1.45. The quantitative estimate of drug-likeness (QED) is 0.330. The van der Waals surface area contributed by atoms with Crippen LogP contribution in [0, 0.1) is 0 Å². The number of benzene rings is 2. The Morgan fingerprint density at radius 1 is 0.786 bits per heavy atom. The van der Waals surface area contributed by atoms with Gasteiger partial charge in [0.05, 0.1) is 0 Å². The van der Waals surface area contributed by atoms with Gasteiger partial charge in [-0.1, -0.05) is 81.5 Å². The standard InChI is InChI=1S/C26H33NS/c1-3-4-5-6-7-8-10-23-17-18-28-26(23)25-12-9-11-24(19-25)22-15-13-21(14-16-22)20-27-2/h9,11-19,27H,3-8,10,20H2,1-2H3. The molecule has 0 radical (unpaired) electrons. The largest absolute Gasteiger partial charge is 0.316 e. The van der Waals surface area contributed by atoms with Gasteiger partial charge in [-0.05, 0) is 65.2 Å². The molecule has 0 amide bonds. The van der Waals surface area contributed by atoms with Gasteiger partial charge < -0.3 is 5.32 Å². The first kappa shape index (κ1) is 20.8. The van der Waals surface area contributed by atoms with Crippen molar-refractivity contribution in [2.24, 2.45) is 0 Å². The molecule has 0 saturated heterocycles. The van der Waals surface area contributed by atoms with E-state index in [4.69, 9.17) is 0 Å². The van der Waals surface area contributed by atoms with Crippen LogP contribution in [-0.2, 0) is 13.0 Å². The molecule has 28 heavy (non-hydrogen) atoms. The van der Waals surface area contributed by atoms with Crippen LogP contribution in [0.15, 0.2) is 60.0 Å². The maximum atomic E-state index is 3.21. The number of hydrogen-bond donors (Lipinski definition) is 1. The normalized spacial score (nSPS) is 11.1. The van der Waals surface area contributed by atoms with Crippen LogP contribution in [0.25, 0.3) is 21.6 Å². The van der Waals surface area contributed by atoms with Gasteiger partial charge in [0.2, 0.25) is 0 Å². The lowest BCUT2D eigenvalue weighted by molar-refractivity contribution is 0.608. The first-order chi connectivity index (χ1) is 13.8. The van der Waals surface area contributed by atoms with Gasteiger partial charge in [0.25, 0.3) is 0 Å². The van der Waals surface area contributed by atoms with E-state index in [1.54, 1.807) is 0 Å². The van der Waals surface area contributed by atoms with Gasteiger partial charge in [-0.25, -0.2) is 0 Å². The zero-order chi connectivity index (χ0) is 19.6. The minimum Gasteiger partial charge on any atom is -0.316 e. The van der Waals surface area contributed by atoms with E-state index < -0.39 is 0 Å². The average molecular weight is 392 g/mol. The Hall–Kier alpha value is -1.90. The molecule has 2 aromatic carbocycles. The Bertz CT molecular complexity index is 832. The van der Waals surface area contributed by atoms with Gasteiger partial charge in [0.15, 0.2) is 0 Å². The van der Waals surface area contributed by atoms with E-state index in [1.807, 2.05) is 18.4 Å². The molecular weight excluding hydrogens is 358 g/mol. The molecule has 0 bridgehead atoms. The minimum atomic E-state index is 0.914. The second kappa shape index (κ2) is 11.2. The van der Waals surface area contributed by atoms with Crippen molar-refractivity contribution in [2.75, 3.05) is 7.05 Å². The van der Waals surface area contributed by atoms with Crippen LogP contribution in [0.4, 0.5) is 0 Å². The molecule has 0 aliphatic rings. The van der Waals surface area contributed by atoms with Crippen LogP contribution in [0.5, 0.6) is 0 Å². The van der Waals surface area contributed by atoms with Crippen molar-refractivity contribution in [3.8, 4) is 21.6 Å². The Kier molecular flexibility index (Phi) is 8.32. The second-order valence-electron chi connectivity index (χ2n) is 7.60. The smallest absolute Gasteiger partial charge is 0.0374 e. The highest BCUT2D eigenvalue weighted by Gasteiger charge is 2.08. The third-order valence-corrected chi connectivity index (χ3v) is 6.35. The highest BCUT2D eigenvalue weighted by molar-refractivity contribution is 7.13. The fourth-order valence-corrected chi connectivity index (χ4v) is 4.69. The predicted molar refractivity (Wildman–Crippen MR) is 125 cm³/mol. The summed E-state index contributed by atoms with van der Waals surface area (Å²) >= 11 is 1.88. The molecule has 1 aromatic heterocycles. The molecule has 0 unspecified atom stereocenters. The molecule has 0 atom stereocenters. The molecular formula is C26H33NS. The molecule has 0 aliphatic carbocycles. The molecule has 0 aliphatic heterocycles. The molecule has 1 N–H and O–H groups in total. The van der Waals surface area contributed by atoms with Crippen LogP contribution in [0.1, 0.15) is 56.6 Å². The van der Waals surface area contributed by atoms with Crippen LogP contribution in [0.3, 0.4) is 0 Å². The molecule has 1 heterocycles. The summed E-state index contributed by atoms with van der Waals surface area (Å²) < 4.78 is 0. The SMILES string of the molecule is CCCCCCCCc1ccsc1-c1cccc(-c2ccc(CNC)cc2)c1. The van der Waals surface area contributed by atoms with Gasteiger partial charge >= 0.3 is 0 Å². The van der Waals surface area contributed by atoms with E-state index in [2.05, 4.69) is 72.2 Å². The van der Waals surface area contributed by atoms with E-state index in [1.165, 1.54) is 77.6 Å². The molecule has 1 nitrogen and oxygen atoms in total. The number of thiophene rings is 1. The molecule has 0 fully saturated rings. The van der Waals surface area contributed by atoms with E-state index >= 15 is 0 Å². The van der Waals surface area contributed by atoms with E-state index in [9.17, 15) is 0 Å². The fraction of sp³-hybridized carbons (Fsp3) is 0.385. The van der Waals surface area contributed by atoms with Crippen LogP contribution >= 0.6 is 11.3 Å². The fourth-order valence-electron chi connectivity index (χ4n) is 3.74. The van der Waals surface area contributed by atoms with Gasteiger partial charge in [0, 0.05) is 11.4 Å². The van der Waals surface area contributed by atoms with Crippen molar-refractivity contribution >= 4 is 11.3 Å². The van der Waals surface area contributed by atoms with Crippen molar-refractivity contribution in [1.29, 1.82) is 0 Å². The highest BCUT2D eigenvalue weighted by Crippen LogP contribution is 2.33. The minimum absolute atomic E-state index is 0.914. The topological polar surface area (TPSA) is 12.0 Å². The van der Waals surface area contributed by atoms with E-state index in [0.717, 1.165) is 6.54 Å². The van der Waals surface area contributed by atoms with Crippen molar-refractivity contribution < 1.29 is 0 Å². The van der Waals surface area contributed by atoms with Crippen molar-refractivity contribution in [1.82, 2.24) is 5.32 Å². The third kappa shape index (κ3) is 5.80. The average Bonchev–Trinajstić information content (AvgIpc) is 3.20. The monoisotopic (exact) mass is 391 g/mol. The summed E-state index contributed by atoms with van der Waals surface area (Å²) in [5.74, 6) is 0. The van der Waals surface area contributed by atoms with Gasteiger partial charge in [-0.2, -0.15) is 0 Å². The van der Waals surface area contributed by atoms with E-state index in [-0.39, 0.29) is 0 Å². The van der Waals surface area contributed by atoms with Crippen molar-refractivity contribution in [2.45, 2.75) is 58.4 Å².